The molecule has 3 heteroatoms. The Morgan fingerprint density at radius 3 is 2.86 bits per heavy atom. The Morgan fingerprint density at radius 1 is 1.50 bits per heavy atom. The second-order valence-electron chi connectivity index (χ2n) is 3.30. The molecule has 14 heavy (non-hydrogen) atoms. The minimum absolute atomic E-state index is 0.200. The molecular formula is C11H15FOS. The maximum absolute atomic E-state index is 12.9. The highest BCUT2D eigenvalue weighted by Gasteiger charge is 2.03. The van der Waals surface area contributed by atoms with E-state index in [0.29, 0.717) is 6.61 Å². The van der Waals surface area contributed by atoms with E-state index in [2.05, 4.69) is 19.6 Å². The van der Waals surface area contributed by atoms with Crippen LogP contribution < -0.4 is 0 Å². The first-order valence-electron chi connectivity index (χ1n) is 4.72. The van der Waals surface area contributed by atoms with Crippen LogP contribution in [-0.2, 0) is 11.3 Å². The van der Waals surface area contributed by atoms with E-state index in [1.807, 2.05) is 6.92 Å². The van der Waals surface area contributed by atoms with E-state index >= 15 is 0 Å². The lowest BCUT2D eigenvalue weighted by Gasteiger charge is -2.11. The van der Waals surface area contributed by atoms with Gasteiger partial charge in [-0.2, -0.15) is 0 Å². The smallest absolute Gasteiger partial charge is 0.123 e. The highest BCUT2D eigenvalue weighted by molar-refractivity contribution is 7.80. The van der Waals surface area contributed by atoms with Gasteiger partial charge in [-0.3, -0.25) is 0 Å². The van der Waals surface area contributed by atoms with Gasteiger partial charge in [-0.25, -0.2) is 4.39 Å². The summed E-state index contributed by atoms with van der Waals surface area (Å²) in [6.07, 6.45) is 1.16. The van der Waals surface area contributed by atoms with Gasteiger partial charge in [-0.1, -0.05) is 6.92 Å². The minimum atomic E-state index is -0.245. The van der Waals surface area contributed by atoms with Crippen LogP contribution >= 0.6 is 12.6 Å². The predicted octanol–water partition coefficient (Wildman–Crippen LogP) is 3.43. The van der Waals surface area contributed by atoms with Crippen LogP contribution in [0.25, 0.3) is 0 Å². The highest BCUT2D eigenvalue weighted by Crippen LogP contribution is 2.17. The lowest BCUT2D eigenvalue weighted by Crippen LogP contribution is -2.06. The molecule has 0 aromatic heterocycles. The standard InChI is InChI=1S/C11H15FOS/c1-3-8(2)13-7-9-6-10(12)4-5-11(9)14/h4-6,8,14H,3,7H2,1-2H3/t8-/m0/s1. The second kappa shape index (κ2) is 5.37. The third-order valence-corrected chi connectivity index (χ3v) is 2.58. The SMILES string of the molecule is CC[C@H](C)OCc1cc(F)ccc1S. The van der Waals surface area contributed by atoms with Crippen LogP contribution in [0.3, 0.4) is 0 Å². The summed E-state index contributed by atoms with van der Waals surface area (Å²) in [6.45, 7) is 4.47. The summed E-state index contributed by atoms with van der Waals surface area (Å²) >= 11 is 4.23. The van der Waals surface area contributed by atoms with Crippen molar-refractivity contribution in [2.75, 3.05) is 0 Å². The van der Waals surface area contributed by atoms with Gasteiger partial charge in [0.15, 0.2) is 0 Å². The molecule has 0 N–H and O–H groups in total. The zero-order chi connectivity index (χ0) is 10.6. The molecule has 0 saturated carbocycles. The largest absolute Gasteiger partial charge is 0.374 e. The molecule has 1 nitrogen and oxygen atoms in total. The molecule has 0 aliphatic rings. The summed E-state index contributed by atoms with van der Waals surface area (Å²) in [4.78, 5) is 0.773. The number of halogens is 1. The van der Waals surface area contributed by atoms with E-state index in [4.69, 9.17) is 4.74 Å². The lowest BCUT2D eigenvalue weighted by molar-refractivity contribution is 0.0495. The predicted molar refractivity (Wildman–Crippen MR) is 58.2 cm³/mol. The quantitative estimate of drug-likeness (QED) is 0.755. The molecule has 1 atom stereocenters. The fraction of sp³-hybridized carbons (Fsp3) is 0.455. The first kappa shape index (κ1) is 11.5. The first-order chi connectivity index (χ1) is 6.63. The summed E-state index contributed by atoms with van der Waals surface area (Å²) in [5.74, 6) is -0.245. The van der Waals surface area contributed by atoms with Gasteiger partial charge < -0.3 is 4.74 Å². The van der Waals surface area contributed by atoms with E-state index in [1.54, 1.807) is 6.07 Å². The van der Waals surface area contributed by atoms with Crippen molar-refractivity contribution in [1.82, 2.24) is 0 Å². The minimum Gasteiger partial charge on any atom is -0.374 e. The number of hydrogen-bond donors (Lipinski definition) is 1. The van der Waals surface area contributed by atoms with Gasteiger partial charge in [-0.15, -0.1) is 12.6 Å². The van der Waals surface area contributed by atoms with Crippen LogP contribution in [-0.4, -0.2) is 6.10 Å². The molecule has 0 unspecified atom stereocenters. The second-order valence-corrected chi connectivity index (χ2v) is 3.78. The van der Waals surface area contributed by atoms with Crippen LogP contribution in [0.5, 0.6) is 0 Å². The molecule has 0 bridgehead atoms. The van der Waals surface area contributed by atoms with Crippen molar-refractivity contribution in [1.29, 1.82) is 0 Å². The molecule has 0 spiro atoms. The van der Waals surface area contributed by atoms with Gasteiger partial charge in [0, 0.05) is 4.90 Å². The van der Waals surface area contributed by atoms with Crippen LogP contribution in [0.1, 0.15) is 25.8 Å². The summed E-state index contributed by atoms with van der Waals surface area (Å²) < 4.78 is 18.4. The zero-order valence-electron chi connectivity index (χ0n) is 8.46. The van der Waals surface area contributed by atoms with Crippen molar-refractivity contribution in [3.8, 4) is 0 Å². The molecule has 1 aromatic carbocycles. The highest BCUT2D eigenvalue weighted by atomic mass is 32.1. The molecule has 0 fully saturated rings. The zero-order valence-corrected chi connectivity index (χ0v) is 9.35. The van der Waals surface area contributed by atoms with Crippen LogP contribution in [0.15, 0.2) is 23.1 Å². The molecule has 0 heterocycles. The topological polar surface area (TPSA) is 9.23 Å². The maximum Gasteiger partial charge on any atom is 0.123 e. The van der Waals surface area contributed by atoms with E-state index in [-0.39, 0.29) is 11.9 Å². The molecule has 0 radical (unpaired) electrons. The van der Waals surface area contributed by atoms with Crippen molar-refractivity contribution in [3.05, 3.63) is 29.6 Å². The van der Waals surface area contributed by atoms with E-state index in [0.717, 1.165) is 16.9 Å². The van der Waals surface area contributed by atoms with Crippen molar-refractivity contribution >= 4 is 12.6 Å². The van der Waals surface area contributed by atoms with Crippen LogP contribution in [0.4, 0.5) is 4.39 Å². The molecule has 0 aliphatic carbocycles. The van der Waals surface area contributed by atoms with Crippen molar-refractivity contribution in [2.24, 2.45) is 0 Å². The Kier molecular flexibility index (Phi) is 4.42. The third-order valence-electron chi connectivity index (χ3n) is 2.14. The molecule has 0 aliphatic heterocycles. The van der Waals surface area contributed by atoms with Gasteiger partial charge in [0.2, 0.25) is 0 Å². The maximum atomic E-state index is 12.9. The average Bonchev–Trinajstić information content (AvgIpc) is 2.19. The summed E-state index contributed by atoms with van der Waals surface area (Å²) in [6, 6.07) is 4.51. The number of benzene rings is 1. The van der Waals surface area contributed by atoms with Gasteiger partial charge in [0.25, 0.3) is 0 Å². The number of rotatable bonds is 4. The van der Waals surface area contributed by atoms with Gasteiger partial charge in [-0.05, 0) is 37.1 Å². The molecular weight excluding hydrogens is 199 g/mol. The normalized spacial score (nSPS) is 12.9. The van der Waals surface area contributed by atoms with Crippen molar-refractivity contribution in [3.63, 3.8) is 0 Å². The number of ether oxygens (including phenoxy) is 1. The van der Waals surface area contributed by atoms with E-state index in [9.17, 15) is 4.39 Å². The molecule has 0 saturated heterocycles. The summed E-state index contributed by atoms with van der Waals surface area (Å²) in [5.41, 5.74) is 0.800. The third kappa shape index (κ3) is 3.31. The van der Waals surface area contributed by atoms with Gasteiger partial charge >= 0.3 is 0 Å². The van der Waals surface area contributed by atoms with Crippen LogP contribution in [0.2, 0.25) is 0 Å². The first-order valence-corrected chi connectivity index (χ1v) is 5.17. The van der Waals surface area contributed by atoms with Crippen molar-refractivity contribution in [2.45, 2.75) is 37.9 Å². The van der Waals surface area contributed by atoms with Crippen LogP contribution in [0, 0.1) is 5.82 Å². The lowest BCUT2D eigenvalue weighted by atomic mass is 10.2. The molecule has 1 rings (SSSR count). The Balaban J connectivity index is 2.62. The van der Waals surface area contributed by atoms with E-state index in [1.165, 1.54) is 12.1 Å². The summed E-state index contributed by atoms with van der Waals surface area (Å²) in [7, 11) is 0. The molecule has 78 valence electrons. The van der Waals surface area contributed by atoms with E-state index < -0.39 is 0 Å². The monoisotopic (exact) mass is 214 g/mol. The van der Waals surface area contributed by atoms with Gasteiger partial charge in [0.05, 0.1) is 12.7 Å². The van der Waals surface area contributed by atoms with Gasteiger partial charge in [0.1, 0.15) is 5.82 Å². The average molecular weight is 214 g/mol. The van der Waals surface area contributed by atoms with Crippen molar-refractivity contribution < 1.29 is 9.13 Å². The fourth-order valence-corrected chi connectivity index (χ4v) is 1.22. The Morgan fingerprint density at radius 2 is 2.21 bits per heavy atom. The molecule has 0 amide bonds. The fourth-order valence-electron chi connectivity index (χ4n) is 1.02. The number of hydrogen-bond acceptors (Lipinski definition) is 2. The Bertz CT molecular complexity index is 301. The molecule has 1 aromatic rings. The Hall–Kier alpha value is -0.540. The Labute approximate surface area is 89.7 Å². The summed E-state index contributed by atoms with van der Waals surface area (Å²) in [5, 5.41) is 0. The number of thiol groups is 1.